The molecule has 0 saturated heterocycles. The number of nitrogens with one attached hydrogen (secondary N) is 13. The molecule has 26 N–H and O–H groups in total. The molecular weight excluding hydrogens is 1460 g/mol. The number of para-hydroxylation sites is 1. The number of aromatic nitrogens is 1. The van der Waals surface area contributed by atoms with E-state index in [9.17, 15) is 103 Å². The molecule has 110 heavy (non-hydrogen) atoms. The molecule has 3 aromatic carbocycles. The number of hydrogen-bond donors (Lipinski definition) is 23. The van der Waals surface area contributed by atoms with E-state index in [2.05, 4.69) is 63.5 Å². The van der Waals surface area contributed by atoms with Crippen LogP contribution in [-0.2, 0) is 91.2 Å². The number of carbonyl (C=O) groups excluding carboxylic acids is 11. The van der Waals surface area contributed by atoms with Crippen molar-refractivity contribution >= 4 is 112 Å². The van der Waals surface area contributed by atoms with Crippen LogP contribution in [0.15, 0.2) is 85.1 Å². The minimum absolute atomic E-state index is 0.0480. The van der Waals surface area contributed by atoms with Crippen LogP contribution in [0, 0.1) is 11.8 Å². The molecule has 0 aliphatic heterocycles. The number of aliphatic hydroxyl groups excluding tert-OH is 2. The van der Waals surface area contributed by atoms with Crippen LogP contribution in [-0.4, -0.2) is 240 Å². The smallest absolute Gasteiger partial charge is 0.326 e. The van der Waals surface area contributed by atoms with E-state index in [4.69, 9.17) is 17.2 Å². The molecule has 0 unspecified atom stereocenters. The number of H-pyrrole nitrogens is 1. The van der Waals surface area contributed by atoms with E-state index >= 15 is 4.79 Å². The minimum Gasteiger partial charge on any atom is -0.508 e. The van der Waals surface area contributed by atoms with Crippen LogP contribution < -0.4 is 81.0 Å². The van der Waals surface area contributed by atoms with Gasteiger partial charge in [0.1, 0.15) is 84.5 Å². The molecule has 1 heterocycles. The van der Waals surface area contributed by atoms with Gasteiger partial charge in [0.25, 0.3) is 0 Å². The number of hydrogen-bond acceptors (Lipinski definition) is 23. The van der Waals surface area contributed by atoms with Crippen molar-refractivity contribution in [2.75, 3.05) is 25.2 Å². The molecule has 0 spiro atoms. The Hall–Kier alpha value is -10.8. The maximum Gasteiger partial charge on any atom is 0.326 e. The summed E-state index contributed by atoms with van der Waals surface area (Å²) in [4.78, 5) is 208. The van der Waals surface area contributed by atoms with Crippen LogP contribution in [0.5, 0.6) is 5.75 Å². The molecule has 0 radical (unpaired) electrons. The van der Waals surface area contributed by atoms with Gasteiger partial charge in [0.15, 0.2) is 0 Å². The van der Waals surface area contributed by atoms with Gasteiger partial charge in [0, 0.05) is 42.8 Å². The third-order valence-corrected chi connectivity index (χ3v) is 17.7. The zero-order chi connectivity index (χ0) is 82.1. The number of nitrogens with two attached hydrogens (primary N) is 3. The second-order valence-corrected chi connectivity index (χ2v) is 27.9. The average molecular weight is 1560 g/mol. The zero-order valence-corrected chi connectivity index (χ0v) is 62.4. The first-order valence-corrected chi connectivity index (χ1v) is 36.7. The Bertz CT molecular complexity index is 3810. The molecule has 4 aromatic rings. The molecule has 38 nitrogen and oxygen atoms in total. The van der Waals surface area contributed by atoms with Gasteiger partial charge in [-0.15, -0.1) is 0 Å². The standard InChI is InChI=1S/C71H102N16O22S/c1-35(2)27-48(63(101)79-47(24-26-110-6)61(99)78-46(22-23-54(91)92)60(98)85-53(70(108)109)32-56(95)96)80-64(102)49(28-38-13-8-7-9-14-38)82-67(105)52(31-55(93)94)83-65(103)50(29-39-18-20-41(90)21-19-39)81-66(104)51(30-40-33-76-44-16-11-10-15-42(40)44)84-69(107)58(37(5)89)87-68(106)57(36(3)4)86-62(100)45(17-12-25-75-71(73)74)77-59(97)43(72)34-88/h7-11,13-16,18-21,33,35-37,43,45-53,57-58,71,75-76,88-90H,12,17,22-32,34,72-74H2,1-6H3,(H,77,97)(H,78,99)(H,79,101)(H,80,102)(H,81,104)(H,82,105)(H,83,103)(H,84,107)(H,85,98)(H,86,100)(H,87,106)(H,91,92)(H,93,94)(H,95,96)(H,108,109)/t37-,43+,45+,46+,47+,48+,49+,50+,51+,52+,53+,57+,58+/m1/s1. The van der Waals surface area contributed by atoms with Gasteiger partial charge in [-0.25, -0.2) is 4.79 Å². The third kappa shape index (κ3) is 31.4. The summed E-state index contributed by atoms with van der Waals surface area (Å²) in [6.07, 6.45) is -4.32. The van der Waals surface area contributed by atoms with Crippen LogP contribution in [0.3, 0.4) is 0 Å². The molecule has 604 valence electrons. The molecular formula is C71H102N16O22S. The van der Waals surface area contributed by atoms with E-state index in [0.717, 1.165) is 6.92 Å². The van der Waals surface area contributed by atoms with Crippen molar-refractivity contribution in [2.45, 2.75) is 190 Å². The zero-order valence-electron chi connectivity index (χ0n) is 61.6. The van der Waals surface area contributed by atoms with E-state index in [1.54, 1.807) is 88.5 Å². The van der Waals surface area contributed by atoms with Crippen molar-refractivity contribution < 1.29 is 108 Å². The molecule has 0 aliphatic rings. The Morgan fingerprint density at radius 2 is 0.900 bits per heavy atom. The van der Waals surface area contributed by atoms with Gasteiger partial charge < -0.3 is 116 Å². The maximum atomic E-state index is 15.1. The summed E-state index contributed by atoms with van der Waals surface area (Å²) in [6.45, 7) is 7.02. The molecule has 13 atom stereocenters. The lowest BCUT2D eigenvalue weighted by Crippen LogP contribution is -2.63. The Labute approximate surface area is 637 Å². The Balaban J connectivity index is 1.72. The van der Waals surface area contributed by atoms with E-state index in [0.29, 0.717) is 22.0 Å². The van der Waals surface area contributed by atoms with Gasteiger partial charge in [-0.2, -0.15) is 11.8 Å². The number of benzene rings is 3. The van der Waals surface area contributed by atoms with Crippen LogP contribution in [0.4, 0.5) is 0 Å². The lowest BCUT2D eigenvalue weighted by Gasteiger charge is -2.30. The highest BCUT2D eigenvalue weighted by Crippen LogP contribution is 2.21. The van der Waals surface area contributed by atoms with Crippen LogP contribution in [0.1, 0.15) is 103 Å². The van der Waals surface area contributed by atoms with E-state index in [-0.39, 0.29) is 68.1 Å². The summed E-state index contributed by atoms with van der Waals surface area (Å²) in [7, 11) is 0. The van der Waals surface area contributed by atoms with E-state index in [1.165, 1.54) is 42.2 Å². The summed E-state index contributed by atoms with van der Waals surface area (Å²) < 4.78 is 0. The largest absolute Gasteiger partial charge is 0.508 e. The fraction of sp³-hybridized carbons (Fsp3) is 0.507. The van der Waals surface area contributed by atoms with Crippen molar-refractivity contribution in [3.8, 4) is 5.75 Å². The number of amides is 11. The molecule has 0 bridgehead atoms. The number of carbonyl (C=O) groups is 15. The lowest BCUT2D eigenvalue weighted by molar-refractivity contribution is -0.147. The number of thioether (sulfide) groups is 1. The number of phenols is 1. The third-order valence-electron chi connectivity index (χ3n) is 17.1. The quantitative estimate of drug-likeness (QED) is 0.0147. The number of carboxylic acid groups (broad SMARTS) is 4. The predicted octanol–water partition coefficient (Wildman–Crippen LogP) is -4.14. The van der Waals surface area contributed by atoms with Crippen molar-refractivity contribution in [1.29, 1.82) is 0 Å². The highest BCUT2D eigenvalue weighted by Gasteiger charge is 2.39. The highest BCUT2D eigenvalue weighted by molar-refractivity contribution is 7.98. The average Bonchev–Trinajstić information content (AvgIpc) is 1.61. The first-order valence-electron chi connectivity index (χ1n) is 35.3. The number of aromatic hydroxyl groups is 1. The Morgan fingerprint density at radius 1 is 0.464 bits per heavy atom. The fourth-order valence-electron chi connectivity index (χ4n) is 11.2. The number of aliphatic carboxylic acids is 4. The van der Waals surface area contributed by atoms with Gasteiger partial charge in [-0.3, -0.25) is 72.4 Å². The number of fused-ring (bicyclic) bond motifs is 1. The van der Waals surface area contributed by atoms with E-state index in [1.807, 2.05) is 5.32 Å². The minimum atomic E-state index is -2.08. The summed E-state index contributed by atoms with van der Waals surface area (Å²) in [5, 5.41) is 99.8. The van der Waals surface area contributed by atoms with Crippen molar-refractivity contribution in [3.05, 3.63) is 102 Å². The topological polar surface area (TPSA) is 636 Å². The number of phenolic OH excluding ortho intramolecular Hbond substituents is 1. The number of rotatable bonds is 49. The molecule has 39 heteroatoms. The van der Waals surface area contributed by atoms with Crippen LogP contribution >= 0.6 is 11.8 Å². The monoisotopic (exact) mass is 1560 g/mol. The highest BCUT2D eigenvalue weighted by atomic mass is 32.2. The summed E-state index contributed by atoms with van der Waals surface area (Å²) in [5.41, 5.74) is 18.6. The second kappa shape index (κ2) is 45.9. The van der Waals surface area contributed by atoms with Crippen LogP contribution in [0.25, 0.3) is 10.9 Å². The second-order valence-electron chi connectivity index (χ2n) is 26.9. The first-order chi connectivity index (χ1) is 51.9. The molecule has 0 fully saturated rings. The first kappa shape index (κ1) is 91.5. The van der Waals surface area contributed by atoms with Gasteiger partial charge >= 0.3 is 23.9 Å². The summed E-state index contributed by atoms with van der Waals surface area (Å²) in [6, 6.07) is -0.109. The van der Waals surface area contributed by atoms with Crippen molar-refractivity contribution in [2.24, 2.45) is 29.0 Å². The molecule has 4 rings (SSSR count). The van der Waals surface area contributed by atoms with Crippen molar-refractivity contribution in [1.82, 2.24) is 68.8 Å². The summed E-state index contributed by atoms with van der Waals surface area (Å²) >= 11 is 1.23. The van der Waals surface area contributed by atoms with Gasteiger partial charge in [0.05, 0.1) is 25.6 Å². The molecule has 11 amide bonds. The van der Waals surface area contributed by atoms with E-state index < -0.39 is 218 Å². The van der Waals surface area contributed by atoms with Gasteiger partial charge in [-0.05, 0) is 104 Å². The van der Waals surface area contributed by atoms with Gasteiger partial charge in [0.2, 0.25) is 65.0 Å². The number of aromatic amines is 1. The van der Waals surface area contributed by atoms with Crippen LogP contribution in [0.2, 0.25) is 0 Å². The molecule has 1 aromatic heterocycles. The summed E-state index contributed by atoms with van der Waals surface area (Å²) in [5.74, 6) is -19.5. The van der Waals surface area contributed by atoms with Crippen molar-refractivity contribution in [3.63, 3.8) is 0 Å². The molecule has 0 saturated carbocycles. The normalized spacial score (nSPS) is 14.9. The number of carboxylic acids is 4. The Morgan fingerprint density at radius 3 is 1.43 bits per heavy atom. The van der Waals surface area contributed by atoms with Gasteiger partial charge in [-0.1, -0.05) is 88.4 Å². The Kier molecular flexibility index (Phi) is 38.2. The maximum absolute atomic E-state index is 15.1. The number of aliphatic hydroxyl groups is 2. The lowest BCUT2D eigenvalue weighted by atomic mass is 9.99. The fourth-order valence-corrected chi connectivity index (χ4v) is 11.6. The molecule has 0 aliphatic carbocycles. The predicted molar refractivity (Wildman–Crippen MR) is 398 cm³/mol. The SMILES string of the molecule is CSCC[C@H](NC(=O)[C@H](CC(C)C)NC(=O)[C@H](Cc1ccccc1)NC(=O)[C@H](CC(=O)O)NC(=O)[C@H](Cc1ccc(O)cc1)NC(=O)[C@H](Cc1c[nH]c2ccccc12)NC(=O)[C@@H](NC(=O)[C@@H](NC(=O)[C@H](CCCNC(N)N)NC(=O)[C@@H](N)CO)C(C)C)[C@@H](C)O)C(=O)N[C@@H](CCC(=O)O)C(=O)N[C@@H](CC(=O)O)C(=O)O.